The molecule has 0 radical (unpaired) electrons. The molecule has 2 rings (SSSR count). The fourth-order valence-electron chi connectivity index (χ4n) is 1.69. The fraction of sp³-hybridized carbons (Fsp3) is 0.333. The van der Waals surface area contributed by atoms with Crippen LogP contribution in [-0.4, -0.2) is 39.8 Å². The third-order valence-electron chi connectivity index (χ3n) is 2.52. The van der Waals surface area contributed by atoms with Gasteiger partial charge >= 0.3 is 0 Å². The van der Waals surface area contributed by atoms with Crippen LogP contribution in [0.15, 0.2) is 17.9 Å². The van der Waals surface area contributed by atoms with Crippen LogP contribution in [0.4, 0.5) is 0 Å². The molecular weight excluding hydrogens is 188 g/mol. The van der Waals surface area contributed by atoms with Gasteiger partial charge in [-0.1, -0.05) is 0 Å². The summed E-state index contributed by atoms with van der Waals surface area (Å²) in [5.74, 6) is -2.69. The lowest BCUT2D eigenvalue weighted by Crippen LogP contribution is -2.39. The van der Waals surface area contributed by atoms with E-state index < -0.39 is 35.0 Å². The summed E-state index contributed by atoms with van der Waals surface area (Å²) >= 11 is 0. The first-order chi connectivity index (χ1) is 6.51. The summed E-state index contributed by atoms with van der Waals surface area (Å²) in [5.41, 5.74) is 0.342. The van der Waals surface area contributed by atoms with E-state index in [0.717, 1.165) is 12.2 Å². The van der Waals surface area contributed by atoms with Gasteiger partial charge in [-0.2, -0.15) is 0 Å². The molecule has 1 spiro atoms. The second-order valence-corrected chi connectivity index (χ2v) is 3.25. The summed E-state index contributed by atoms with van der Waals surface area (Å²) in [6.07, 6.45) is -1.66. The third kappa shape index (κ3) is 0.743. The van der Waals surface area contributed by atoms with E-state index in [-0.39, 0.29) is 0 Å². The number of carbonyl (C=O) groups is 3. The molecular formula is C9H6O5. The quantitative estimate of drug-likeness (QED) is 0.348. The van der Waals surface area contributed by atoms with E-state index in [1.807, 2.05) is 0 Å². The Labute approximate surface area is 78.3 Å². The Hall–Kier alpha value is -1.55. The van der Waals surface area contributed by atoms with Crippen molar-refractivity contribution < 1.29 is 24.6 Å². The van der Waals surface area contributed by atoms with Gasteiger partial charge in [-0.25, -0.2) is 0 Å². The Balaban J connectivity index is 2.58. The van der Waals surface area contributed by atoms with E-state index in [1.54, 1.807) is 0 Å². The summed E-state index contributed by atoms with van der Waals surface area (Å²) in [6, 6.07) is 0. The van der Waals surface area contributed by atoms with Gasteiger partial charge in [0.05, 0.1) is 0 Å². The van der Waals surface area contributed by atoms with Crippen molar-refractivity contribution in [3.05, 3.63) is 17.9 Å². The lowest BCUT2D eigenvalue weighted by atomic mass is 9.82. The molecule has 2 aliphatic carbocycles. The standard InChI is InChI=1S/C9H6O5/c10-4-2-1-3-9(4)7(13)5(11)6(12)8(9)14/h2-3,5-6,11-12H. The molecule has 0 bridgehead atoms. The zero-order chi connectivity index (χ0) is 10.5. The van der Waals surface area contributed by atoms with Crippen molar-refractivity contribution in [3.8, 4) is 0 Å². The van der Waals surface area contributed by atoms with E-state index in [0.29, 0.717) is 0 Å². The van der Waals surface area contributed by atoms with Crippen molar-refractivity contribution in [1.29, 1.82) is 0 Å². The predicted molar refractivity (Wildman–Crippen MR) is 42.1 cm³/mol. The summed E-state index contributed by atoms with van der Waals surface area (Å²) in [5, 5.41) is 18.3. The van der Waals surface area contributed by atoms with Crippen LogP contribution >= 0.6 is 0 Å². The zero-order valence-electron chi connectivity index (χ0n) is 6.93. The number of hydrogen-bond acceptors (Lipinski definition) is 5. The number of ketones is 3. The van der Waals surface area contributed by atoms with Gasteiger partial charge in [-0.05, 0) is 6.08 Å². The van der Waals surface area contributed by atoms with Gasteiger partial charge in [-0.3, -0.25) is 14.4 Å². The molecule has 1 fully saturated rings. The van der Waals surface area contributed by atoms with Crippen molar-refractivity contribution in [2.45, 2.75) is 12.2 Å². The van der Waals surface area contributed by atoms with Gasteiger partial charge in [0.15, 0.2) is 22.8 Å². The van der Waals surface area contributed by atoms with Crippen LogP contribution in [0.2, 0.25) is 0 Å². The number of aliphatic hydroxyl groups excluding tert-OH is 2. The van der Waals surface area contributed by atoms with E-state index >= 15 is 0 Å². The van der Waals surface area contributed by atoms with Crippen molar-refractivity contribution in [3.63, 3.8) is 0 Å². The van der Waals surface area contributed by atoms with Crippen LogP contribution in [0, 0.1) is 5.41 Å². The van der Waals surface area contributed by atoms with E-state index in [2.05, 4.69) is 5.73 Å². The highest BCUT2D eigenvalue weighted by atomic mass is 16.3. The van der Waals surface area contributed by atoms with Crippen molar-refractivity contribution >= 4 is 17.3 Å². The molecule has 2 atom stereocenters. The third-order valence-corrected chi connectivity index (χ3v) is 2.52. The normalized spacial score (nSPS) is 40.6. The number of aliphatic hydroxyl groups is 2. The molecule has 1 saturated carbocycles. The highest BCUT2D eigenvalue weighted by molar-refractivity contribution is 6.35. The topological polar surface area (TPSA) is 91.7 Å². The number of hydrogen-bond donors (Lipinski definition) is 2. The average molecular weight is 194 g/mol. The molecule has 5 nitrogen and oxygen atoms in total. The van der Waals surface area contributed by atoms with Gasteiger partial charge in [-0.15, -0.1) is 5.73 Å². The lowest BCUT2D eigenvalue weighted by molar-refractivity contribution is -0.140. The molecule has 0 amide bonds. The van der Waals surface area contributed by atoms with Gasteiger partial charge in [0.2, 0.25) is 0 Å². The number of allylic oxidation sites excluding steroid dienone is 1. The molecule has 2 aliphatic rings. The van der Waals surface area contributed by atoms with Crippen LogP contribution in [0.25, 0.3) is 0 Å². The Kier molecular flexibility index (Phi) is 1.60. The highest BCUT2D eigenvalue weighted by Gasteiger charge is 2.63. The summed E-state index contributed by atoms with van der Waals surface area (Å²) in [6.45, 7) is 0. The molecule has 0 aromatic heterocycles. The Morgan fingerprint density at radius 3 is 2.00 bits per heavy atom. The fourth-order valence-corrected chi connectivity index (χ4v) is 1.69. The molecule has 0 saturated heterocycles. The van der Waals surface area contributed by atoms with Gasteiger partial charge in [0.1, 0.15) is 12.2 Å². The molecule has 0 aliphatic heterocycles. The summed E-state index contributed by atoms with van der Waals surface area (Å²) < 4.78 is 0. The maximum Gasteiger partial charge on any atom is 0.190 e. The van der Waals surface area contributed by atoms with Crippen molar-refractivity contribution in [2.24, 2.45) is 5.41 Å². The minimum Gasteiger partial charge on any atom is -0.382 e. The minimum atomic E-state index is -2.00. The second-order valence-electron chi connectivity index (χ2n) is 3.25. The zero-order valence-corrected chi connectivity index (χ0v) is 6.93. The first-order valence-electron chi connectivity index (χ1n) is 3.94. The summed E-state index contributed by atoms with van der Waals surface area (Å²) in [7, 11) is 0. The Morgan fingerprint density at radius 1 is 1.14 bits per heavy atom. The van der Waals surface area contributed by atoms with Gasteiger partial charge in [0, 0.05) is 6.08 Å². The number of rotatable bonds is 0. The SMILES string of the molecule is O=C1C=C=CC12C(=O)C(O)C(O)C2=O. The molecule has 72 valence electrons. The van der Waals surface area contributed by atoms with Crippen LogP contribution < -0.4 is 0 Å². The minimum absolute atomic E-state index is 0.747. The second kappa shape index (κ2) is 2.48. The highest BCUT2D eigenvalue weighted by Crippen LogP contribution is 2.36. The molecule has 14 heavy (non-hydrogen) atoms. The molecule has 0 aromatic carbocycles. The monoisotopic (exact) mass is 194 g/mol. The van der Waals surface area contributed by atoms with Crippen LogP contribution in [0.3, 0.4) is 0 Å². The molecule has 0 aromatic rings. The largest absolute Gasteiger partial charge is 0.382 e. The summed E-state index contributed by atoms with van der Waals surface area (Å²) in [4.78, 5) is 34.1. The van der Waals surface area contributed by atoms with Gasteiger partial charge < -0.3 is 10.2 Å². The first kappa shape index (κ1) is 9.02. The van der Waals surface area contributed by atoms with Crippen molar-refractivity contribution in [2.75, 3.05) is 0 Å². The molecule has 2 N–H and O–H groups in total. The number of Topliss-reactive ketones (excluding diaryl/α,β-unsaturated/α-hetero) is 2. The Bertz CT molecular complexity index is 393. The van der Waals surface area contributed by atoms with Crippen molar-refractivity contribution in [1.82, 2.24) is 0 Å². The van der Waals surface area contributed by atoms with Crippen LogP contribution in [0.1, 0.15) is 0 Å². The molecule has 0 heterocycles. The van der Waals surface area contributed by atoms with Crippen LogP contribution in [0.5, 0.6) is 0 Å². The van der Waals surface area contributed by atoms with Gasteiger partial charge in [0.25, 0.3) is 0 Å². The maximum atomic E-state index is 11.4. The lowest BCUT2D eigenvalue weighted by Gasteiger charge is -2.13. The van der Waals surface area contributed by atoms with E-state index in [4.69, 9.17) is 10.2 Å². The smallest absolute Gasteiger partial charge is 0.190 e. The predicted octanol–water partition coefficient (Wildman–Crippen LogP) is -1.86. The maximum absolute atomic E-state index is 11.4. The average Bonchev–Trinajstić information content (AvgIpc) is 2.62. The van der Waals surface area contributed by atoms with E-state index in [9.17, 15) is 14.4 Å². The molecule has 2 unspecified atom stereocenters. The first-order valence-corrected chi connectivity index (χ1v) is 3.94. The Morgan fingerprint density at radius 2 is 1.64 bits per heavy atom. The van der Waals surface area contributed by atoms with Crippen LogP contribution in [-0.2, 0) is 14.4 Å². The number of carbonyl (C=O) groups excluding carboxylic acids is 3. The van der Waals surface area contributed by atoms with E-state index in [1.165, 1.54) is 0 Å². The molecule has 5 heteroatoms.